The summed E-state index contributed by atoms with van der Waals surface area (Å²) in [5, 5.41) is 0.715. The number of hydrogen-bond donors (Lipinski definition) is 0. The zero-order valence-electron chi connectivity index (χ0n) is 11.8. The van der Waals surface area contributed by atoms with Crippen molar-refractivity contribution in [3.8, 4) is 0 Å². The van der Waals surface area contributed by atoms with Gasteiger partial charge in [-0.05, 0) is 40.2 Å². The smallest absolute Gasteiger partial charge is 0.312 e. The van der Waals surface area contributed by atoms with Crippen LogP contribution in [0.15, 0.2) is 5.16 Å². The summed E-state index contributed by atoms with van der Waals surface area (Å²) in [6, 6.07) is 0. The van der Waals surface area contributed by atoms with Gasteiger partial charge in [0.1, 0.15) is 0 Å². The summed E-state index contributed by atoms with van der Waals surface area (Å²) < 4.78 is 4.78. The summed E-state index contributed by atoms with van der Waals surface area (Å²) in [7, 11) is 1.41. The molecule has 0 saturated heterocycles. The van der Waals surface area contributed by atoms with E-state index in [1.54, 1.807) is 0 Å². The maximum Gasteiger partial charge on any atom is 0.312 e. The molecule has 18 heavy (non-hydrogen) atoms. The summed E-state index contributed by atoms with van der Waals surface area (Å²) in [6.45, 7) is 9.68. The zero-order chi connectivity index (χ0) is 13.9. The van der Waals surface area contributed by atoms with Gasteiger partial charge in [-0.2, -0.15) is 0 Å². The van der Waals surface area contributed by atoms with Crippen molar-refractivity contribution in [2.45, 2.75) is 39.8 Å². The van der Waals surface area contributed by atoms with Crippen molar-refractivity contribution in [1.82, 2.24) is 9.97 Å². The van der Waals surface area contributed by atoms with E-state index >= 15 is 0 Å². The average molecular weight is 268 g/mol. The van der Waals surface area contributed by atoms with E-state index < -0.39 is 5.41 Å². The third-order valence-electron chi connectivity index (χ3n) is 2.91. The predicted octanol–water partition coefficient (Wildman–Crippen LogP) is 2.69. The van der Waals surface area contributed by atoms with Crippen LogP contribution in [0.3, 0.4) is 0 Å². The van der Waals surface area contributed by atoms with Gasteiger partial charge in [0.15, 0.2) is 5.16 Å². The minimum atomic E-state index is -0.532. The minimum Gasteiger partial charge on any atom is -0.469 e. The number of rotatable bonds is 4. The first-order chi connectivity index (χ1) is 8.27. The van der Waals surface area contributed by atoms with Crippen LogP contribution < -0.4 is 0 Å². The van der Waals surface area contributed by atoms with Crippen LogP contribution in [0.2, 0.25) is 0 Å². The number of methoxy groups -OCH3 is 1. The average Bonchev–Trinajstić information content (AvgIpc) is 2.32. The molecule has 5 heteroatoms. The van der Waals surface area contributed by atoms with E-state index in [9.17, 15) is 4.79 Å². The highest BCUT2D eigenvalue weighted by Gasteiger charge is 2.29. The number of aromatic nitrogens is 2. The Hall–Kier alpha value is -1.10. The second-order valence-electron chi connectivity index (χ2n) is 4.97. The van der Waals surface area contributed by atoms with E-state index in [4.69, 9.17) is 4.74 Å². The van der Waals surface area contributed by atoms with Crippen molar-refractivity contribution < 1.29 is 9.53 Å². The van der Waals surface area contributed by atoms with Crippen LogP contribution in [-0.2, 0) is 9.53 Å². The van der Waals surface area contributed by atoms with Gasteiger partial charge in [0.25, 0.3) is 0 Å². The van der Waals surface area contributed by atoms with Crippen molar-refractivity contribution in [2.24, 2.45) is 5.41 Å². The van der Waals surface area contributed by atoms with Gasteiger partial charge in [-0.3, -0.25) is 4.79 Å². The number of aryl methyl sites for hydroxylation is 2. The first kappa shape index (κ1) is 15.0. The molecule has 0 aromatic carbocycles. The predicted molar refractivity (Wildman–Crippen MR) is 72.8 cm³/mol. The number of hydrogen-bond acceptors (Lipinski definition) is 5. The number of carbonyl (C=O) groups is 1. The monoisotopic (exact) mass is 268 g/mol. The topological polar surface area (TPSA) is 52.1 Å². The third kappa shape index (κ3) is 3.45. The fourth-order valence-electron chi connectivity index (χ4n) is 1.39. The number of ether oxygens (including phenoxy) is 1. The van der Waals surface area contributed by atoms with Crippen LogP contribution in [-0.4, -0.2) is 28.8 Å². The maximum absolute atomic E-state index is 11.6. The molecule has 0 amide bonds. The molecule has 0 atom stereocenters. The Morgan fingerprint density at radius 2 is 1.72 bits per heavy atom. The van der Waals surface area contributed by atoms with Crippen molar-refractivity contribution in [1.29, 1.82) is 0 Å². The Kier molecular flexibility index (Phi) is 4.73. The third-order valence-corrected chi connectivity index (χ3v) is 4.22. The van der Waals surface area contributed by atoms with Crippen LogP contribution in [0, 0.1) is 26.2 Å². The van der Waals surface area contributed by atoms with E-state index in [1.165, 1.54) is 18.9 Å². The van der Waals surface area contributed by atoms with Crippen molar-refractivity contribution in [3.05, 3.63) is 17.0 Å². The summed E-state index contributed by atoms with van der Waals surface area (Å²) >= 11 is 1.49. The lowest BCUT2D eigenvalue weighted by molar-refractivity contribution is -0.149. The van der Waals surface area contributed by atoms with E-state index in [2.05, 4.69) is 9.97 Å². The molecule has 0 aliphatic rings. The largest absolute Gasteiger partial charge is 0.469 e. The summed E-state index contributed by atoms with van der Waals surface area (Å²) in [4.78, 5) is 20.4. The van der Waals surface area contributed by atoms with Crippen LogP contribution in [0.25, 0.3) is 0 Å². The molecular formula is C13H20N2O2S. The van der Waals surface area contributed by atoms with Gasteiger partial charge in [-0.25, -0.2) is 9.97 Å². The number of carbonyl (C=O) groups excluding carboxylic acids is 1. The molecule has 4 nitrogen and oxygen atoms in total. The first-order valence-electron chi connectivity index (χ1n) is 5.81. The number of nitrogens with zero attached hydrogens (tertiary/aromatic N) is 2. The molecule has 1 rings (SSSR count). The normalized spacial score (nSPS) is 11.4. The van der Waals surface area contributed by atoms with Crippen molar-refractivity contribution in [2.75, 3.05) is 12.9 Å². The van der Waals surface area contributed by atoms with Gasteiger partial charge in [0.05, 0.1) is 12.5 Å². The van der Waals surface area contributed by atoms with Crippen LogP contribution in [0.5, 0.6) is 0 Å². The van der Waals surface area contributed by atoms with Crippen LogP contribution in [0.4, 0.5) is 0 Å². The van der Waals surface area contributed by atoms with Gasteiger partial charge < -0.3 is 4.74 Å². The lowest BCUT2D eigenvalue weighted by atomic mass is 9.97. The molecule has 0 radical (unpaired) electrons. The van der Waals surface area contributed by atoms with Gasteiger partial charge in [0, 0.05) is 17.1 Å². The highest BCUT2D eigenvalue weighted by Crippen LogP contribution is 2.27. The molecule has 0 saturated carbocycles. The molecule has 100 valence electrons. The Morgan fingerprint density at radius 3 is 2.17 bits per heavy atom. The standard InChI is InChI=1S/C13H20N2O2S/c1-8-9(2)14-12(15-10(8)3)18-7-13(4,5)11(16)17-6/h7H2,1-6H3. The lowest BCUT2D eigenvalue weighted by Crippen LogP contribution is -2.28. The van der Waals surface area contributed by atoms with Gasteiger partial charge in [-0.1, -0.05) is 11.8 Å². The Labute approximate surface area is 113 Å². The molecule has 0 spiro atoms. The Balaban J connectivity index is 2.78. The molecule has 0 aliphatic carbocycles. The second-order valence-corrected chi connectivity index (χ2v) is 5.91. The van der Waals surface area contributed by atoms with Gasteiger partial charge in [-0.15, -0.1) is 0 Å². The maximum atomic E-state index is 11.6. The van der Waals surface area contributed by atoms with E-state index in [0.29, 0.717) is 10.9 Å². The molecule has 0 fully saturated rings. The van der Waals surface area contributed by atoms with Crippen molar-refractivity contribution >= 4 is 17.7 Å². The van der Waals surface area contributed by atoms with E-state index in [-0.39, 0.29) is 5.97 Å². The number of thioether (sulfide) groups is 1. The van der Waals surface area contributed by atoms with E-state index in [1.807, 2.05) is 34.6 Å². The molecule has 0 unspecified atom stereocenters. The molecule has 0 bridgehead atoms. The van der Waals surface area contributed by atoms with Crippen molar-refractivity contribution in [3.63, 3.8) is 0 Å². The summed E-state index contributed by atoms with van der Waals surface area (Å²) in [5.74, 6) is 0.386. The van der Waals surface area contributed by atoms with Gasteiger partial charge in [0.2, 0.25) is 0 Å². The van der Waals surface area contributed by atoms with E-state index in [0.717, 1.165) is 17.0 Å². The minimum absolute atomic E-state index is 0.212. The highest BCUT2D eigenvalue weighted by atomic mass is 32.2. The highest BCUT2D eigenvalue weighted by molar-refractivity contribution is 7.99. The Morgan fingerprint density at radius 1 is 1.22 bits per heavy atom. The fourth-order valence-corrected chi connectivity index (χ4v) is 2.40. The van der Waals surface area contributed by atoms with Crippen LogP contribution >= 0.6 is 11.8 Å². The molecule has 0 aliphatic heterocycles. The summed E-state index contributed by atoms with van der Waals surface area (Å²) in [6.07, 6.45) is 0. The fraction of sp³-hybridized carbons (Fsp3) is 0.615. The molecule has 1 aromatic heterocycles. The first-order valence-corrected chi connectivity index (χ1v) is 6.79. The SMILES string of the molecule is COC(=O)C(C)(C)CSc1nc(C)c(C)c(C)n1. The molecular weight excluding hydrogens is 248 g/mol. The van der Waals surface area contributed by atoms with Gasteiger partial charge >= 0.3 is 5.97 Å². The zero-order valence-corrected chi connectivity index (χ0v) is 12.6. The van der Waals surface area contributed by atoms with Crippen LogP contribution in [0.1, 0.15) is 30.8 Å². The quantitative estimate of drug-likeness (QED) is 0.477. The molecule has 1 aromatic rings. The summed E-state index contributed by atoms with van der Waals surface area (Å²) in [5.41, 5.74) is 2.56. The second kappa shape index (κ2) is 5.69. The molecule has 1 heterocycles. The lowest BCUT2D eigenvalue weighted by Gasteiger charge is -2.20. The molecule has 0 N–H and O–H groups in total. The number of esters is 1. The Bertz CT molecular complexity index is 435.